The zero-order valence-corrected chi connectivity index (χ0v) is 16.0. The van der Waals surface area contributed by atoms with Gasteiger partial charge in [-0.05, 0) is 0 Å². The first-order valence-corrected chi connectivity index (χ1v) is 8.83. The van der Waals surface area contributed by atoms with Crippen molar-refractivity contribution in [3.8, 4) is 0 Å². The van der Waals surface area contributed by atoms with Gasteiger partial charge in [0.15, 0.2) is 0 Å². The van der Waals surface area contributed by atoms with Crippen LogP contribution in [0.1, 0.15) is 17.5 Å². The number of hydrogen-bond acceptors (Lipinski definition) is 3. The Labute approximate surface area is 154 Å². The molecule has 0 atom stereocenters. The minimum atomic E-state index is -1.06. The summed E-state index contributed by atoms with van der Waals surface area (Å²) in [5, 5.41) is 9.17. The Morgan fingerprint density at radius 2 is 1.88 bits per heavy atom. The first kappa shape index (κ1) is 19.1. The Kier molecular flexibility index (Phi) is 6.71. The molecule has 0 spiro atoms. The van der Waals surface area contributed by atoms with Crippen LogP contribution in [0.2, 0.25) is 0 Å². The standard InChI is InChI=1S/C18H14F2NO3.W/c19-15-8-3-6-13(18(15)20)7-4-10-21(11-17(23)24)16-9-2-1-5-14(16)12-22;/h1-3,5-6,8-9H,4,7,11H2,(H,23,24);/q-1;. The van der Waals surface area contributed by atoms with Crippen LogP contribution in [0, 0.1) is 11.6 Å². The molecule has 0 amide bonds. The minimum absolute atomic E-state index is 0.226. The molecule has 2 rings (SSSR count). The molecular weight excluding hydrogens is 500 g/mol. The van der Waals surface area contributed by atoms with Crippen molar-refractivity contribution in [2.24, 2.45) is 0 Å². The van der Waals surface area contributed by atoms with E-state index in [9.17, 15) is 18.4 Å². The van der Waals surface area contributed by atoms with Crippen molar-refractivity contribution in [3.05, 3.63) is 65.2 Å². The van der Waals surface area contributed by atoms with E-state index in [1.807, 2.05) is 0 Å². The van der Waals surface area contributed by atoms with Crippen molar-refractivity contribution in [1.82, 2.24) is 0 Å². The Balaban J connectivity index is 2.23. The molecule has 0 aliphatic heterocycles. The van der Waals surface area contributed by atoms with Gasteiger partial charge in [0.1, 0.15) is 0 Å². The SMILES string of the molecule is O=[C-]c1ccccc1N(CC(=O)O)[C](=[W])CCc1cccc(F)c1F. The molecule has 7 heteroatoms. The molecule has 0 unspecified atom stereocenters. The molecule has 130 valence electrons. The van der Waals surface area contributed by atoms with Gasteiger partial charge in [0.25, 0.3) is 0 Å². The van der Waals surface area contributed by atoms with Crippen LogP contribution < -0.4 is 4.90 Å². The van der Waals surface area contributed by atoms with Crippen LogP contribution in [0.25, 0.3) is 0 Å². The molecule has 0 aromatic heterocycles. The van der Waals surface area contributed by atoms with Gasteiger partial charge in [-0.3, -0.25) is 0 Å². The van der Waals surface area contributed by atoms with Crippen LogP contribution in [0.15, 0.2) is 42.5 Å². The van der Waals surface area contributed by atoms with Crippen LogP contribution in [0.5, 0.6) is 0 Å². The van der Waals surface area contributed by atoms with Crippen LogP contribution in [0.4, 0.5) is 14.5 Å². The van der Waals surface area contributed by atoms with Crippen molar-refractivity contribution in [2.45, 2.75) is 12.8 Å². The van der Waals surface area contributed by atoms with Gasteiger partial charge in [-0.1, -0.05) is 0 Å². The second kappa shape index (κ2) is 8.77. The maximum absolute atomic E-state index is 13.8. The summed E-state index contributed by atoms with van der Waals surface area (Å²) in [7, 11) is 0. The van der Waals surface area contributed by atoms with E-state index in [4.69, 9.17) is 5.11 Å². The molecule has 0 saturated carbocycles. The fourth-order valence-corrected chi connectivity index (χ4v) is 3.31. The molecule has 0 bridgehead atoms. The van der Waals surface area contributed by atoms with Crippen molar-refractivity contribution < 1.29 is 42.8 Å². The Hall–Kier alpha value is -2.20. The number of halogens is 2. The van der Waals surface area contributed by atoms with Gasteiger partial charge in [0.2, 0.25) is 0 Å². The van der Waals surface area contributed by atoms with E-state index in [0.29, 0.717) is 16.1 Å². The predicted octanol–water partition coefficient (Wildman–Crippen LogP) is 2.62. The summed E-state index contributed by atoms with van der Waals surface area (Å²) >= 11 is 0.980. The van der Waals surface area contributed by atoms with E-state index >= 15 is 0 Å². The third kappa shape index (κ3) is 4.89. The molecule has 2 aromatic carbocycles. The molecule has 1 N–H and O–H groups in total. The number of carbonyl (C=O) groups excluding carboxylic acids is 1. The zero-order chi connectivity index (χ0) is 18.4. The van der Waals surface area contributed by atoms with E-state index < -0.39 is 17.6 Å². The summed E-state index contributed by atoms with van der Waals surface area (Å²) < 4.78 is 27.8. The fourth-order valence-electron chi connectivity index (χ4n) is 2.36. The first-order chi connectivity index (χ1) is 11.9. The van der Waals surface area contributed by atoms with Crippen LogP contribution >= 0.6 is 0 Å². The Morgan fingerprint density at radius 1 is 1.16 bits per heavy atom. The van der Waals surface area contributed by atoms with Gasteiger partial charge in [-0.25, -0.2) is 0 Å². The average Bonchev–Trinajstić information content (AvgIpc) is 2.60. The first-order valence-electron chi connectivity index (χ1n) is 7.36. The van der Waals surface area contributed by atoms with Crippen LogP contribution in [-0.4, -0.2) is 27.9 Å². The predicted molar refractivity (Wildman–Crippen MR) is 85.9 cm³/mol. The normalized spacial score (nSPS) is 10.3. The molecule has 0 heterocycles. The third-order valence-electron chi connectivity index (χ3n) is 3.54. The zero-order valence-electron chi connectivity index (χ0n) is 13.0. The molecule has 25 heavy (non-hydrogen) atoms. The number of carboxylic acids is 1. The number of aryl methyl sites for hydroxylation is 1. The van der Waals surface area contributed by atoms with Crippen molar-refractivity contribution in [2.75, 3.05) is 11.4 Å². The van der Waals surface area contributed by atoms with Crippen LogP contribution in [0.3, 0.4) is 0 Å². The summed E-state index contributed by atoms with van der Waals surface area (Å²) in [5.41, 5.74) is 0.910. The second-order valence-electron chi connectivity index (χ2n) is 5.21. The second-order valence-corrected chi connectivity index (χ2v) is 6.90. The number of rotatable bonds is 8. The van der Waals surface area contributed by atoms with Gasteiger partial charge >= 0.3 is 154 Å². The summed E-state index contributed by atoms with van der Waals surface area (Å²) in [4.78, 5) is 23.8. The Bertz CT molecular complexity index is 811. The number of aliphatic carboxylic acids is 1. The molecule has 4 nitrogen and oxygen atoms in total. The van der Waals surface area contributed by atoms with E-state index in [0.717, 1.165) is 25.4 Å². The van der Waals surface area contributed by atoms with Crippen molar-refractivity contribution in [3.63, 3.8) is 0 Å². The third-order valence-corrected chi connectivity index (χ3v) is 5.06. The summed E-state index contributed by atoms with van der Waals surface area (Å²) in [5.74, 6) is -2.86. The van der Waals surface area contributed by atoms with Gasteiger partial charge < -0.3 is 0 Å². The van der Waals surface area contributed by atoms with Gasteiger partial charge in [-0.15, -0.1) is 0 Å². The summed E-state index contributed by atoms with van der Waals surface area (Å²) in [6.07, 6.45) is 2.37. The molecule has 0 fully saturated rings. The van der Waals surface area contributed by atoms with Gasteiger partial charge in [-0.2, -0.15) is 0 Å². The Morgan fingerprint density at radius 3 is 2.56 bits per heavy atom. The van der Waals surface area contributed by atoms with Gasteiger partial charge in [0, 0.05) is 0 Å². The van der Waals surface area contributed by atoms with E-state index in [2.05, 4.69) is 0 Å². The summed E-state index contributed by atoms with van der Waals surface area (Å²) in [6.45, 7) is -0.330. The van der Waals surface area contributed by atoms with Crippen molar-refractivity contribution >= 4 is 22.0 Å². The number of anilines is 1. The average molecular weight is 514 g/mol. The molecular formula is C18H14F2NO3W-. The fraction of sp³-hybridized carbons (Fsp3) is 0.167. The molecule has 0 saturated heterocycles. The molecule has 0 aliphatic rings. The number of benzene rings is 2. The van der Waals surface area contributed by atoms with Crippen LogP contribution in [-0.2, 0) is 35.4 Å². The molecule has 0 aliphatic carbocycles. The maximum atomic E-state index is 13.8. The molecule has 0 radical (unpaired) electrons. The number of nitrogens with zero attached hydrogens (tertiary/aromatic N) is 1. The molecule has 2 aromatic rings. The quantitative estimate of drug-likeness (QED) is 0.551. The van der Waals surface area contributed by atoms with E-state index in [1.54, 1.807) is 30.6 Å². The number of para-hydroxylation sites is 1. The van der Waals surface area contributed by atoms with Gasteiger partial charge in [0.05, 0.1) is 0 Å². The van der Waals surface area contributed by atoms with Crippen molar-refractivity contribution in [1.29, 1.82) is 0 Å². The summed E-state index contributed by atoms with van der Waals surface area (Å²) in [6, 6.07) is 10.5. The number of carbonyl (C=O) groups is 1. The number of hydrogen-bond donors (Lipinski definition) is 1. The topological polar surface area (TPSA) is 57.6 Å². The number of carboxylic acid groups (broad SMARTS) is 1. The monoisotopic (exact) mass is 514 g/mol. The van der Waals surface area contributed by atoms with E-state index in [-0.39, 0.29) is 24.1 Å². The van der Waals surface area contributed by atoms with E-state index in [1.165, 1.54) is 17.0 Å².